The van der Waals surface area contributed by atoms with Crippen molar-refractivity contribution in [1.29, 1.82) is 0 Å². The molecule has 0 radical (unpaired) electrons. The lowest BCUT2D eigenvalue weighted by atomic mass is 9.88. The van der Waals surface area contributed by atoms with Crippen LogP contribution in [0.2, 0.25) is 10.0 Å². The molecule has 194 valence electrons. The van der Waals surface area contributed by atoms with Crippen LogP contribution in [0.25, 0.3) is 5.57 Å². The number of halogens is 2. The SMILES string of the molecule is C=C(CCC1CCN(Cc2ccc(Cl)c(Cl)c2)CC1)c1ccc2c(c1)CN(Cc1ccccc1)CCC2. The molecule has 0 atom stereocenters. The topological polar surface area (TPSA) is 6.48 Å². The summed E-state index contributed by atoms with van der Waals surface area (Å²) in [6.07, 6.45) is 7.24. The molecule has 1 saturated heterocycles. The van der Waals surface area contributed by atoms with Crippen LogP contribution >= 0.6 is 23.2 Å². The first-order chi connectivity index (χ1) is 18.0. The molecule has 0 amide bonds. The van der Waals surface area contributed by atoms with Gasteiger partial charge in [0.15, 0.2) is 0 Å². The van der Waals surface area contributed by atoms with Gasteiger partial charge in [0.2, 0.25) is 0 Å². The molecule has 0 N–H and O–H groups in total. The van der Waals surface area contributed by atoms with Gasteiger partial charge in [0.05, 0.1) is 10.0 Å². The maximum atomic E-state index is 6.20. The van der Waals surface area contributed by atoms with Crippen LogP contribution in [0, 0.1) is 5.92 Å². The summed E-state index contributed by atoms with van der Waals surface area (Å²) < 4.78 is 0. The Balaban J connectivity index is 1.11. The lowest BCUT2D eigenvalue weighted by Crippen LogP contribution is -2.33. The summed E-state index contributed by atoms with van der Waals surface area (Å²) in [7, 11) is 0. The molecule has 37 heavy (non-hydrogen) atoms. The predicted molar refractivity (Wildman–Crippen MR) is 158 cm³/mol. The largest absolute Gasteiger partial charge is 0.299 e. The van der Waals surface area contributed by atoms with Crippen LogP contribution in [0.15, 0.2) is 73.3 Å². The van der Waals surface area contributed by atoms with Gasteiger partial charge in [-0.05, 0) is 116 Å². The number of piperidine rings is 1. The Kier molecular flexibility index (Phi) is 9.05. The van der Waals surface area contributed by atoms with Gasteiger partial charge in [0.1, 0.15) is 0 Å². The second-order valence-electron chi connectivity index (χ2n) is 10.9. The molecule has 4 heteroatoms. The number of rotatable bonds is 8. The number of fused-ring (bicyclic) bond motifs is 1. The van der Waals surface area contributed by atoms with Crippen LogP contribution in [-0.4, -0.2) is 29.4 Å². The van der Waals surface area contributed by atoms with Crippen molar-refractivity contribution in [3.05, 3.63) is 111 Å². The molecule has 1 fully saturated rings. The average Bonchev–Trinajstić information content (AvgIpc) is 3.12. The minimum Gasteiger partial charge on any atom is -0.299 e. The Hall–Kier alpha value is -2.10. The normalized spacial score (nSPS) is 17.4. The summed E-state index contributed by atoms with van der Waals surface area (Å²) in [6.45, 7) is 11.0. The second-order valence-corrected chi connectivity index (χ2v) is 11.7. The molecule has 2 aliphatic rings. The number of hydrogen-bond donors (Lipinski definition) is 0. The smallest absolute Gasteiger partial charge is 0.0595 e. The van der Waals surface area contributed by atoms with Crippen molar-refractivity contribution >= 4 is 28.8 Å². The third kappa shape index (κ3) is 7.27. The van der Waals surface area contributed by atoms with E-state index in [1.807, 2.05) is 12.1 Å². The summed E-state index contributed by atoms with van der Waals surface area (Å²) in [5.41, 5.74) is 8.27. The highest BCUT2D eigenvalue weighted by Gasteiger charge is 2.20. The summed E-state index contributed by atoms with van der Waals surface area (Å²) in [6, 6.07) is 24.0. The minimum atomic E-state index is 0.628. The van der Waals surface area contributed by atoms with E-state index in [4.69, 9.17) is 23.2 Å². The predicted octanol–water partition coefficient (Wildman–Crippen LogP) is 8.65. The van der Waals surface area contributed by atoms with E-state index < -0.39 is 0 Å². The molecule has 2 nitrogen and oxygen atoms in total. The van der Waals surface area contributed by atoms with E-state index in [1.165, 1.54) is 65.5 Å². The Morgan fingerprint density at radius 2 is 1.57 bits per heavy atom. The van der Waals surface area contributed by atoms with Gasteiger partial charge >= 0.3 is 0 Å². The molecule has 0 aromatic heterocycles. The molecule has 2 heterocycles. The lowest BCUT2D eigenvalue weighted by molar-refractivity contribution is 0.173. The van der Waals surface area contributed by atoms with Crippen molar-refractivity contribution < 1.29 is 0 Å². The van der Waals surface area contributed by atoms with Gasteiger partial charge in [-0.15, -0.1) is 0 Å². The highest BCUT2D eigenvalue weighted by atomic mass is 35.5. The fourth-order valence-corrected chi connectivity index (χ4v) is 6.20. The van der Waals surface area contributed by atoms with Crippen molar-refractivity contribution in [1.82, 2.24) is 9.80 Å². The molecule has 3 aromatic carbocycles. The Bertz CT molecular complexity index is 1200. The third-order valence-corrected chi connectivity index (χ3v) is 8.87. The summed E-state index contributed by atoms with van der Waals surface area (Å²) in [5.74, 6) is 0.781. The van der Waals surface area contributed by atoms with Gasteiger partial charge in [-0.2, -0.15) is 0 Å². The van der Waals surface area contributed by atoms with E-state index in [-0.39, 0.29) is 0 Å². The highest BCUT2D eigenvalue weighted by Crippen LogP contribution is 2.30. The first-order valence-electron chi connectivity index (χ1n) is 13.8. The number of likely N-dealkylation sites (tertiary alicyclic amines) is 1. The van der Waals surface area contributed by atoms with Crippen molar-refractivity contribution in [2.24, 2.45) is 5.92 Å². The van der Waals surface area contributed by atoms with E-state index in [9.17, 15) is 0 Å². The van der Waals surface area contributed by atoms with Gasteiger partial charge in [-0.1, -0.05) is 78.3 Å². The fourth-order valence-electron chi connectivity index (χ4n) is 5.88. The zero-order chi connectivity index (χ0) is 25.6. The monoisotopic (exact) mass is 532 g/mol. The van der Waals surface area contributed by atoms with Crippen molar-refractivity contribution in [3.63, 3.8) is 0 Å². The molecule has 0 bridgehead atoms. The van der Waals surface area contributed by atoms with Crippen molar-refractivity contribution in [2.75, 3.05) is 19.6 Å². The number of hydrogen-bond acceptors (Lipinski definition) is 2. The maximum absolute atomic E-state index is 6.20. The minimum absolute atomic E-state index is 0.628. The average molecular weight is 534 g/mol. The third-order valence-electron chi connectivity index (χ3n) is 8.13. The van der Waals surface area contributed by atoms with E-state index >= 15 is 0 Å². The van der Waals surface area contributed by atoms with Crippen LogP contribution < -0.4 is 0 Å². The van der Waals surface area contributed by atoms with Gasteiger partial charge in [0.25, 0.3) is 0 Å². The van der Waals surface area contributed by atoms with E-state index in [0.29, 0.717) is 10.0 Å². The Morgan fingerprint density at radius 3 is 2.35 bits per heavy atom. The van der Waals surface area contributed by atoms with Gasteiger partial charge in [-0.3, -0.25) is 9.80 Å². The summed E-state index contributed by atoms with van der Waals surface area (Å²) >= 11 is 12.3. The number of benzene rings is 3. The van der Waals surface area contributed by atoms with Crippen LogP contribution in [0.4, 0.5) is 0 Å². The van der Waals surface area contributed by atoms with Crippen molar-refractivity contribution in [3.8, 4) is 0 Å². The first kappa shape index (κ1) is 26.5. The molecule has 0 unspecified atom stereocenters. The molecular weight excluding hydrogens is 495 g/mol. The van der Waals surface area contributed by atoms with E-state index in [1.54, 1.807) is 0 Å². The number of nitrogens with zero attached hydrogens (tertiary/aromatic N) is 2. The lowest BCUT2D eigenvalue weighted by Gasteiger charge is -2.32. The van der Waals surface area contributed by atoms with E-state index in [0.717, 1.165) is 51.6 Å². The Morgan fingerprint density at radius 1 is 0.784 bits per heavy atom. The molecule has 2 aliphatic heterocycles. The standard InChI is InChI=1S/C33H38Cl2N2/c1-25(9-10-26-15-18-36(19-16-26)23-28-11-14-32(34)33(35)20-28)30-13-12-29-8-5-17-37(24-31(29)21-30)22-27-6-3-2-4-7-27/h2-4,6-7,11-14,20-21,26H,1,5,8-10,15-19,22-24H2. The molecule has 0 spiro atoms. The first-order valence-corrected chi connectivity index (χ1v) is 14.5. The number of allylic oxidation sites excluding steroid dienone is 1. The molecule has 0 saturated carbocycles. The van der Waals surface area contributed by atoms with Crippen LogP contribution in [0.3, 0.4) is 0 Å². The second kappa shape index (κ2) is 12.6. The highest BCUT2D eigenvalue weighted by molar-refractivity contribution is 6.42. The fraction of sp³-hybridized carbons (Fsp3) is 0.394. The molecule has 0 aliphatic carbocycles. The molecule has 5 rings (SSSR count). The van der Waals surface area contributed by atoms with E-state index in [2.05, 4.69) is 71.0 Å². The van der Waals surface area contributed by atoms with Gasteiger partial charge in [0, 0.05) is 19.6 Å². The van der Waals surface area contributed by atoms with Crippen LogP contribution in [0.5, 0.6) is 0 Å². The van der Waals surface area contributed by atoms with Crippen LogP contribution in [-0.2, 0) is 26.1 Å². The van der Waals surface area contributed by atoms with Crippen molar-refractivity contribution in [2.45, 2.75) is 58.2 Å². The summed E-state index contributed by atoms with van der Waals surface area (Å²) in [4.78, 5) is 5.14. The molecular formula is C33H38Cl2N2. The van der Waals surface area contributed by atoms with Gasteiger partial charge < -0.3 is 0 Å². The summed E-state index contributed by atoms with van der Waals surface area (Å²) in [5, 5.41) is 1.28. The van der Waals surface area contributed by atoms with Crippen LogP contribution in [0.1, 0.15) is 59.9 Å². The Labute approximate surface area is 232 Å². The maximum Gasteiger partial charge on any atom is 0.0595 e. The number of aryl methyl sites for hydroxylation is 1. The van der Waals surface area contributed by atoms with Gasteiger partial charge in [-0.25, -0.2) is 0 Å². The zero-order valence-corrected chi connectivity index (χ0v) is 23.3. The zero-order valence-electron chi connectivity index (χ0n) is 21.8. The molecule has 3 aromatic rings. The quantitative estimate of drug-likeness (QED) is 0.286.